The van der Waals surface area contributed by atoms with Crippen molar-refractivity contribution in [2.75, 3.05) is 27.2 Å². The van der Waals surface area contributed by atoms with E-state index >= 15 is 0 Å². The third kappa shape index (κ3) is 4.45. The van der Waals surface area contributed by atoms with E-state index in [2.05, 4.69) is 24.1 Å². The maximum atomic E-state index is 12.2. The summed E-state index contributed by atoms with van der Waals surface area (Å²) in [5, 5.41) is 10.5. The molecule has 0 unspecified atom stereocenters. The molecule has 7 heteroatoms. The Bertz CT molecular complexity index is 894. The fraction of sp³-hybridized carbons (Fsp3) is 0.389. The minimum Gasteiger partial charge on any atom is -0.493 e. The van der Waals surface area contributed by atoms with E-state index in [0.717, 1.165) is 28.7 Å². The van der Waals surface area contributed by atoms with Gasteiger partial charge in [-0.15, -0.1) is 0 Å². The molecular weight excluding hydrogens is 320 g/mol. The van der Waals surface area contributed by atoms with E-state index in [1.165, 1.54) is 11.1 Å². The Balaban J connectivity index is 2.39. The molecule has 0 aliphatic rings. The van der Waals surface area contributed by atoms with Gasteiger partial charge in [-0.1, -0.05) is 6.07 Å². The van der Waals surface area contributed by atoms with Gasteiger partial charge in [0.1, 0.15) is 5.56 Å². The van der Waals surface area contributed by atoms with Crippen molar-refractivity contribution in [1.29, 1.82) is 0 Å². The average Bonchev–Trinajstić information content (AvgIpc) is 2.52. The highest BCUT2D eigenvalue weighted by Crippen LogP contribution is 2.18. The first kappa shape index (κ1) is 18.7. The summed E-state index contributed by atoms with van der Waals surface area (Å²) in [5.41, 5.74) is 1.20. The van der Waals surface area contributed by atoms with Gasteiger partial charge in [0.2, 0.25) is 5.88 Å². The normalized spacial score (nSPS) is 11.6. The van der Waals surface area contributed by atoms with Crippen LogP contribution in [0, 0.1) is 13.8 Å². The van der Waals surface area contributed by atoms with Crippen molar-refractivity contribution >= 4 is 6.21 Å². The van der Waals surface area contributed by atoms with E-state index in [4.69, 9.17) is 0 Å². The van der Waals surface area contributed by atoms with Crippen LogP contribution in [0.5, 0.6) is 5.88 Å². The summed E-state index contributed by atoms with van der Waals surface area (Å²) < 4.78 is 1.08. The minimum absolute atomic E-state index is 0.0185. The third-order valence-corrected chi connectivity index (χ3v) is 4.05. The maximum Gasteiger partial charge on any atom is 0.335 e. The Morgan fingerprint density at radius 3 is 2.60 bits per heavy atom. The van der Waals surface area contributed by atoms with Crippen LogP contribution in [0.3, 0.4) is 0 Å². The maximum absolute atomic E-state index is 12.2. The summed E-state index contributed by atoms with van der Waals surface area (Å²) in [6, 6.07) is 5.37. The molecule has 0 fully saturated rings. The number of nitrogens with zero attached hydrogens (tertiary/aromatic N) is 2. The topological polar surface area (TPSA) is 91.9 Å². The van der Waals surface area contributed by atoms with Crippen LogP contribution in [0.4, 0.5) is 0 Å². The number of aliphatic imine (C=N–C) groups is 1. The number of rotatable bonds is 6. The number of aryl methyl sites for hydroxylation is 2. The lowest BCUT2D eigenvalue weighted by molar-refractivity contribution is -0.858. The van der Waals surface area contributed by atoms with Crippen LogP contribution in [0.15, 0.2) is 32.8 Å². The first-order chi connectivity index (χ1) is 11.8. The molecule has 0 amide bonds. The fourth-order valence-electron chi connectivity index (χ4n) is 2.44. The Morgan fingerprint density at radius 2 is 1.96 bits per heavy atom. The molecule has 0 saturated carbocycles. The van der Waals surface area contributed by atoms with Gasteiger partial charge in [-0.2, -0.15) is 0 Å². The number of aromatic hydroxyl groups is 1. The zero-order chi connectivity index (χ0) is 18.6. The zero-order valence-corrected chi connectivity index (χ0v) is 15.1. The van der Waals surface area contributed by atoms with E-state index in [9.17, 15) is 14.7 Å². The van der Waals surface area contributed by atoms with E-state index in [0.29, 0.717) is 12.2 Å². The Kier molecular flexibility index (Phi) is 5.93. The van der Waals surface area contributed by atoms with E-state index in [1.54, 1.807) is 12.1 Å². The number of hydrogen-bond acceptors (Lipinski definition) is 4. The molecule has 0 radical (unpaired) electrons. The van der Waals surface area contributed by atoms with E-state index in [1.807, 2.05) is 19.9 Å². The summed E-state index contributed by atoms with van der Waals surface area (Å²) in [5.74, 6) is -0.404. The molecule has 7 nitrogen and oxygen atoms in total. The molecule has 1 aromatic carbocycles. The molecule has 0 aliphatic carbocycles. The Labute approximate surface area is 146 Å². The Hall–Kier alpha value is -2.67. The molecule has 0 bridgehead atoms. The summed E-state index contributed by atoms with van der Waals surface area (Å²) in [6.07, 6.45) is 2.20. The monoisotopic (exact) mass is 345 g/mol. The van der Waals surface area contributed by atoms with E-state index in [-0.39, 0.29) is 5.56 Å². The van der Waals surface area contributed by atoms with Gasteiger partial charge in [-0.25, -0.2) is 9.36 Å². The molecule has 0 atom stereocenters. The van der Waals surface area contributed by atoms with Crippen molar-refractivity contribution in [2.45, 2.75) is 20.3 Å². The van der Waals surface area contributed by atoms with Gasteiger partial charge in [0.25, 0.3) is 5.56 Å². The second-order valence-corrected chi connectivity index (χ2v) is 6.45. The minimum atomic E-state index is -0.681. The Morgan fingerprint density at radius 1 is 1.24 bits per heavy atom. The second kappa shape index (κ2) is 7.94. The van der Waals surface area contributed by atoms with Gasteiger partial charge in [0.15, 0.2) is 0 Å². The van der Waals surface area contributed by atoms with Crippen molar-refractivity contribution < 1.29 is 10.0 Å². The summed E-state index contributed by atoms with van der Waals surface area (Å²) in [7, 11) is 4.11. The van der Waals surface area contributed by atoms with Gasteiger partial charge >= 0.3 is 5.69 Å². The van der Waals surface area contributed by atoms with Crippen LogP contribution in [0.25, 0.3) is 5.69 Å². The third-order valence-electron chi connectivity index (χ3n) is 4.05. The number of benzene rings is 1. The molecule has 1 heterocycles. The quantitative estimate of drug-likeness (QED) is 0.500. The highest BCUT2D eigenvalue weighted by atomic mass is 16.3. The van der Waals surface area contributed by atoms with Gasteiger partial charge in [0, 0.05) is 19.2 Å². The first-order valence-electron chi connectivity index (χ1n) is 8.26. The largest absolute Gasteiger partial charge is 0.493 e. The van der Waals surface area contributed by atoms with Crippen LogP contribution in [-0.4, -0.2) is 48.1 Å². The molecule has 134 valence electrons. The first-order valence-corrected chi connectivity index (χ1v) is 8.26. The van der Waals surface area contributed by atoms with Crippen molar-refractivity contribution in [3.63, 3.8) is 0 Å². The molecule has 3 N–H and O–H groups in total. The number of aromatic nitrogens is 2. The number of hydrogen-bond donors (Lipinski definition) is 3. The molecule has 0 saturated heterocycles. The lowest BCUT2D eigenvalue weighted by atomic mass is 10.1. The van der Waals surface area contributed by atoms with Gasteiger partial charge in [-0.05, 0) is 37.1 Å². The van der Waals surface area contributed by atoms with Crippen molar-refractivity contribution in [3.05, 3.63) is 55.7 Å². The molecule has 25 heavy (non-hydrogen) atoms. The molecule has 1 aromatic heterocycles. The standard InChI is InChI=1S/C18H24N4O3/c1-12-6-7-14(10-13(12)2)22-17(24)15(16(23)20-18(22)25)11-19-8-5-9-21(3)4/h6-7,10-11,24H,5,8-9H2,1-4H3,(H,20,23,25)/p+1. The van der Waals surface area contributed by atoms with Crippen LogP contribution >= 0.6 is 0 Å². The summed E-state index contributed by atoms with van der Waals surface area (Å²) in [4.78, 5) is 31.9. The lowest BCUT2D eigenvalue weighted by Gasteiger charge is -2.11. The number of H-pyrrole nitrogens is 1. The highest BCUT2D eigenvalue weighted by Gasteiger charge is 2.14. The van der Waals surface area contributed by atoms with Crippen molar-refractivity contribution in [1.82, 2.24) is 9.55 Å². The number of quaternary nitrogens is 1. The fourth-order valence-corrected chi connectivity index (χ4v) is 2.44. The predicted octanol–water partition coefficient (Wildman–Crippen LogP) is -0.198. The smallest absolute Gasteiger partial charge is 0.335 e. The number of aromatic amines is 1. The van der Waals surface area contributed by atoms with Gasteiger partial charge < -0.3 is 10.0 Å². The highest BCUT2D eigenvalue weighted by molar-refractivity contribution is 5.82. The summed E-state index contributed by atoms with van der Waals surface area (Å²) >= 11 is 0. The lowest BCUT2D eigenvalue weighted by Crippen LogP contribution is -3.05. The zero-order valence-electron chi connectivity index (χ0n) is 15.1. The molecule has 2 rings (SSSR count). The molecular formula is C18H25N4O3+. The van der Waals surface area contributed by atoms with Gasteiger partial charge in [-0.3, -0.25) is 14.8 Å². The summed E-state index contributed by atoms with van der Waals surface area (Å²) in [6.45, 7) is 5.39. The van der Waals surface area contributed by atoms with Crippen molar-refractivity contribution in [2.24, 2.45) is 4.99 Å². The SMILES string of the molecule is Cc1ccc(-n2c(O)c(C=NCCC[NH+](C)C)c(=O)[nH]c2=O)cc1C. The second-order valence-electron chi connectivity index (χ2n) is 6.45. The number of nitrogens with one attached hydrogen (secondary N) is 2. The van der Waals surface area contributed by atoms with Crippen LogP contribution in [-0.2, 0) is 0 Å². The predicted molar refractivity (Wildman–Crippen MR) is 98.6 cm³/mol. The van der Waals surface area contributed by atoms with Crippen molar-refractivity contribution in [3.8, 4) is 11.6 Å². The average molecular weight is 345 g/mol. The molecule has 0 spiro atoms. The van der Waals surface area contributed by atoms with E-state index < -0.39 is 17.1 Å². The van der Waals surface area contributed by atoms with Gasteiger partial charge in [0.05, 0.1) is 26.3 Å². The van der Waals surface area contributed by atoms with Crippen LogP contribution in [0.2, 0.25) is 0 Å². The molecule has 2 aromatic rings. The van der Waals surface area contributed by atoms with Crippen LogP contribution < -0.4 is 16.1 Å². The van der Waals surface area contributed by atoms with Crippen LogP contribution in [0.1, 0.15) is 23.1 Å². The molecule has 0 aliphatic heterocycles.